The first-order valence-corrected chi connectivity index (χ1v) is 8.06. The predicted octanol–water partition coefficient (Wildman–Crippen LogP) is 3.12. The summed E-state index contributed by atoms with van der Waals surface area (Å²) in [6, 6.07) is 8.58. The third-order valence-corrected chi connectivity index (χ3v) is 4.99. The van der Waals surface area contributed by atoms with Gasteiger partial charge in [0.2, 0.25) is 0 Å². The van der Waals surface area contributed by atoms with E-state index >= 15 is 0 Å². The maximum Gasteiger partial charge on any atom is 0.169 e. The maximum atomic E-state index is 5.49. The Morgan fingerprint density at radius 1 is 1.32 bits per heavy atom. The Morgan fingerprint density at radius 3 is 2.68 bits per heavy atom. The molecule has 1 aliphatic rings. The van der Waals surface area contributed by atoms with Gasteiger partial charge in [-0.1, -0.05) is 6.07 Å². The van der Waals surface area contributed by atoms with Crippen molar-refractivity contribution in [1.82, 2.24) is 19.8 Å². The molecule has 22 heavy (non-hydrogen) atoms. The average Bonchev–Trinajstić information content (AvgIpc) is 2.97. The predicted molar refractivity (Wildman–Crippen MR) is 92.8 cm³/mol. The summed E-state index contributed by atoms with van der Waals surface area (Å²) < 4.78 is 2.35. The summed E-state index contributed by atoms with van der Waals surface area (Å²) in [6.07, 6.45) is 1.84. The zero-order valence-electron chi connectivity index (χ0n) is 13.5. The van der Waals surface area contributed by atoms with Crippen molar-refractivity contribution >= 4 is 17.3 Å². The largest absolute Gasteiger partial charge is 0.352 e. The molecule has 2 atom stereocenters. The van der Waals surface area contributed by atoms with Crippen molar-refractivity contribution in [3.8, 4) is 0 Å². The van der Waals surface area contributed by atoms with Crippen molar-refractivity contribution in [3.63, 3.8) is 0 Å². The van der Waals surface area contributed by atoms with Crippen LogP contribution in [-0.2, 0) is 6.54 Å². The smallest absolute Gasteiger partial charge is 0.169 e. The minimum Gasteiger partial charge on any atom is -0.352 e. The van der Waals surface area contributed by atoms with Crippen LogP contribution in [0, 0.1) is 13.8 Å². The molecule has 3 heterocycles. The Hall–Kier alpha value is -1.88. The monoisotopic (exact) mass is 314 g/mol. The molecule has 0 aliphatic carbocycles. The minimum atomic E-state index is 0.0875. The van der Waals surface area contributed by atoms with Crippen molar-refractivity contribution in [3.05, 3.63) is 53.1 Å². The summed E-state index contributed by atoms with van der Waals surface area (Å²) in [6.45, 7) is 7.52. The number of nitrogens with zero attached hydrogens (tertiary/aromatic N) is 3. The molecule has 2 aromatic heterocycles. The zero-order chi connectivity index (χ0) is 15.9. The molecule has 4 nitrogen and oxygen atoms in total. The third kappa shape index (κ3) is 2.29. The second kappa shape index (κ2) is 5.72. The number of thiocarbonyl (C=S) groups is 1. The van der Waals surface area contributed by atoms with Crippen LogP contribution in [0.15, 0.2) is 30.5 Å². The van der Waals surface area contributed by atoms with E-state index in [9.17, 15) is 0 Å². The number of hydrogen-bond acceptors (Lipinski definition) is 2. The van der Waals surface area contributed by atoms with Gasteiger partial charge < -0.3 is 14.8 Å². The molecule has 0 radical (unpaired) electrons. The lowest BCUT2D eigenvalue weighted by Gasteiger charge is -2.24. The van der Waals surface area contributed by atoms with Crippen molar-refractivity contribution in [2.45, 2.75) is 39.4 Å². The van der Waals surface area contributed by atoms with Crippen LogP contribution in [0.5, 0.6) is 0 Å². The maximum absolute atomic E-state index is 5.49. The van der Waals surface area contributed by atoms with E-state index in [0.29, 0.717) is 0 Å². The summed E-state index contributed by atoms with van der Waals surface area (Å²) in [5, 5.41) is 4.21. The highest BCUT2D eigenvalue weighted by atomic mass is 32.1. The van der Waals surface area contributed by atoms with Gasteiger partial charge in [-0.2, -0.15) is 0 Å². The van der Waals surface area contributed by atoms with Gasteiger partial charge in [0, 0.05) is 31.2 Å². The van der Waals surface area contributed by atoms with Crippen LogP contribution < -0.4 is 5.32 Å². The van der Waals surface area contributed by atoms with Gasteiger partial charge in [0.1, 0.15) is 0 Å². The lowest BCUT2D eigenvalue weighted by atomic mass is 9.97. The molecule has 5 heteroatoms. The fourth-order valence-corrected chi connectivity index (χ4v) is 3.70. The van der Waals surface area contributed by atoms with Gasteiger partial charge in [-0.3, -0.25) is 4.98 Å². The molecule has 1 saturated heterocycles. The van der Waals surface area contributed by atoms with Crippen LogP contribution in [0.25, 0.3) is 0 Å². The summed E-state index contributed by atoms with van der Waals surface area (Å²) >= 11 is 5.49. The zero-order valence-corrected chi connectivity index (χ0v) is 14.3. The molecule has 1 N–H and O–H groups in total. The molecular formula is C17H22N4S. The van der Waals surface area contributed by atoms with Gasteiger partial charge in [0.15, 0.2) is 5.11 Å². The number of pyridine rings is 1. The van der Waals surface area contributed by atoms with Crippen LogP contribution in [0.3, 0.4) is 0 Å². The number of likely N-dealkylation sites (N-methyl/N-ethyl adjacent to an activating group) is 1. The fraction of sp³-hybridized carbons (Fsp3) is 0.412. The van der Waals surface area contributed by atoms with Gasteiger partial charge in [-0.15, -0.1) is 0 Å². The Bertz CT molecular complexity index is 692. The van der Waals surface area contributed by atoms with E-state index < -0.39 is 0 Å². The van der Waals surface area contributed by atoms with Crippen LogP contribution >= 0.6 is 12.2 Å². The van der Waals surface area contributed by atoms with E-state index in [2.05, 4.69) is 59.7 Å². The van der Waals surface area contributed by atoms with Crippen molar-refractivity contribution < 1.29 is 0 Å². The van der Waals surface area contributed by atoms with Crippen LogP contribution in [-0.4, -0.2) is 26.6 Å². The number of rotatable bonds is 3. The van der Waals surface area contributed by atoms with Gasteiger partial charge >= 0.3 is 0 Å². The minimum absolute atomic E-state index is 0.0875. The first-order chi connectivity index (χ1) is 10.5. The number of nitrogens with one attached hydrogen (secondary N) is 1. The van der Waals surface area contributed by atoms with E-state index in [4.69, 9.17) is 12.2 Å². The number of aromatic nitrogens is 2. The van der Waals surface area contributed by atoms with E-state index in [1.165, 1.54) is 17.0 Å². The van der Waals surface area contributed by atoms with Gasteiger partial charge in [-0.05, 0) is 56.8 Å². The van der Waals surface area contributed by atoms with Crippen molar-refractivity contribution in [2.24, 2.45) is 0 Å². The topological polar surface area (TPSA) is 33.1 Å². The van der Waals surface area contributed by atoms with Gasteiger partial charge in [-0.25, -0.2) is 0 Å². The molecule has 116 valence electrons. The van der Waals surface area contributed by atoms with E-state index in [0.717, 1.165) is 17.4 Å². The van der Waals surface area contributed by atoms with Crippen LogP contribution in [0.4, 0.5) is 0 Å². The highest BCUT2D eigenvalue weighted by molar-refractivity contribution is 7.80. The summed E-state index contributed by atoms with van der Waals surface area (Å²) in [7, 11) is 2.06. The molecule has 0 bridgehead atoms. The Kier molecular flexibility index (Phi) is 3.91. The van der Waals surface area contributed by atoms with Gasteiger partial charge in [0.25, 0.3) is 0 Å². The molecular weight excluding hydrogens is 292 g/mol. The highest BCUT2D eigenvalue weighted by Crippen LogP contribution is 2.39. The second-order valence-electron chi connectivity index (χ2n) is 5.81. The lowest BCUT2D eigenvalue weighted by molar-refractivity contribution is 0.366. The summed E-state index contributed by atoms with van der Waals surface area (Å²) in [5.74, 6) is 0. The van der Waals surface area contributed by atoms with E-state index in [-0.39, 0.29) is 12.1 Å². The summed E-state index contributed by atoms with van der Waals surface area (Å²) in [4.78, 5) is 6.68. The fourth-order valence-electron chi connectivity index (χ4n) is 3.46. The van der Waals surface area contributed by atoms with Gasteiger partial charge in [0.05, 0.1) is 17.8 Å². The Labute approximate surface area is 137 Å². The SMILES string of the molecule is CCn1c(C)cc([C@H]2[C@H](c3ccccn3)NC(=S)N2C)c1C. The molecule has 0 unspecified atom stereocenters. The first kappa shape index (κ1) is 15.0. The second-order valence-corrected chi connectivity index (χ2v) is 6.19. The number of aryl methyl sites for hydroxylation is 1. The van der Waals surface area contributed by atoms with Crippen molar-refractivity contribution in [2.75, 3.05) is 7.05 Å². The van der Waals surface area contributed by atoms with E-state index in [1.54, 1.807) is 0 Å². The summed E-state index contributed by atoms with van der Waals surface area (Å²) in [5.41, 5.74) is 4.95. The molecule has 3 rings (SSSR count). The standard InChI is InChI=1S/C17H22N4S/c1-5-21-11(2)10-13(12(21)3)16-15(19-17(22)20(16)4)14-8-6-7-9-18-14/h6-10,15-16H,5H2,1-4H3,(H,19,22)/t15-,16-/m0/s1. The first-order valence-electron chi connectivity index (χ1n) is 7.65. The highest BCUT2D eigenvalue weighted by Gasteiger charge is 2.39. The van der Waals surface area contributed by atoms with Crippen molar-refractivity contribution in [1.29, 1.82) is 0 Å². The normalized spacial score (nSPS) is 21.3. The quantitative estimate of drug-likeness (QED) is 0.883. The Morgan fingerprint density at radius 2 is 2.09 bits per heavy atom. The molecule has 0 spiro atoms. The molecule has 0 saturated carbocycles. The molecule has 0 amide bonds. The van der Waals surface area contributed by atoms with E-state index in [1.807, 2.05) is 18.3 Å². The number of hydrogen-bond donors (Lipinski definition) is 1. The Balaban J connectivity index is 2.08. The molecule has 2 aromatic rings. The van der Waals surface area contributed by atoms with Crippen LogP contribution in [0.1, 0.15) is 41.7 Å². The molecule has 1 fully saturated rings. The molecule has 0 aromatic carbocycles. The molecule has 1 aliphatic heterocycles. The van der Waals surface area contributed by atoms with Crippen LogP contribution in [0.2, 0.25) is 0 Å². The lowest BCUT2D eigenvalue weighted by Crippen LogP contribution is -2.25. The average molecular weight is 314 g/mol. The third-order valence-electron chi connectivity index (χ3n) is 4.59.